The summed E-state index contributed by atoms with van der Waals surface area (Å²) in [5.41, 5.74) is 2.33. The number of carbonyl (C=O) groups is 1. The zero-order valence-corrected chi connectivity index (χ0v) is 15.2. The molecule has 2 aliphatic rings. The van der Waals surface area contributed by atoms with Gasteiger partial charge >= 0.3 is 0 Å². The molecule has 1 fully saturated rings. The summed E-state index contributed by atoms with van der Waals surface area (Å²) in [7, 11) is 0. The molecule has 7 nitrogen and oxygen atoms in total. The number of halogens is 1. The maximum absolute atomic E-state index is 13.1. The summed E-state index contributed by atoms with van der Waals surface area (Å²) in [5.74, 6) is 1.13. The molecule has 27 heavy (non-hydrogen) atoms. The summed E-state index contributed by atoms with van der Waals surface area (Å²) in [6, 6.07) is 9.59. The third-order valence-corrected chi connectivity index (χ3v) is 5.55. The van der Waals surface area contributed by atoms with Gasteiger partial charge in [0, 0.05) is 31.0 Å². The molecular formula is C19H18ClN5O2. The second-order valence-electron chi connectivity index (χ2n) is 7.00. The molecule has 0 bridgehead atoms. The van der Waals surface area contributed by atoms with E-state index in [2.05, 4.69) is 20.4 Å². The van der Waals surface area contributed by atoms with Gasteiger partial charge in [-0.3, -0.25) is 4.79 Å². The number of piperidine rings is 1. The van der Waals surface area contributed by atoms with E-state index in [-0.39, 0.29) is 17.9 Å². The van der Waals surface area contributed by atoms with Gasteiger partial charge in [-0.05, 0) is 31.0 Å². The summed E-state index contributed by atoms with van der Waals surface area (Å²) < 4.78 is 5.51. The average molecular weight is 384 g/mol. The zero-order valence-electron chi connectivity index (χ0n) is 14.5. The number of rotatable bonds is 2. The van der Waals surface area contributed by atoms with Crippen LogP contribution in [-0.2, 0) is 0 Å². The number of aromatic nitrogens is 3. The second-order valence-corrected chi connectivity index (χ2v) is 7.44. The van der Waals surface area contributed by atoms with Gasteiger partial charge in [0.25, 0.3) is 5.91 Å². The van der Waals surface area contributed by atoms with E-state index in [9.17, 15) is 4.79 Å². The van der Waals surface area contributed by atoms with Crippen LogP contribution in [0.1, 0.15) is 35.0 Å². The molecule has 2 atom stereocenters. The van der Waals surface area contributed by atoms with Crippen molar-refractivity contribution in [2.24, 2.45) is 0 Å². The number of H-pyrrole nitrogens is 1. The highest BCUT2D eigenvalue weighted by Crippen LogP contribution is 2.34. The average Bonchev–Trinajstić information content (AvgIpc) is 3.32. The molecule has 3 aromatic rings. The Hall–Kier alpha value is -2.80. The summed E-state index contributed by atoms with van der Waals surface area (Å²) in [5, 5.41) is 8.06. The molecule has 1 aromatic carbocycles. The number of hydrogen-bond acceptors (Lipinski definition) is 5. The summed E-state index contributed by atoms with van der Waals surface area (Å²) >= 11 is 5.95. The van der Waals surface area contributed by atoms with E-state index in [4.69, 9.17) is 16.1 Å². The lowest BCUT2D eigenvalue weighted by Crippen LogP contribution is -2.47. The third kappa shape index (κ3) is 2.88. The quantitative estimate of drug-likeness (QED) is 0.706. The molecular weight excluding hydrogens is 366 g/mol. The van der Waals surface area contributed by atoms with Crippen molar-refractivity contribution in [2.75, 3.05) is 18.4 Å². The van der Waals surface area contributed by atoms with Crippen molar-refractivity contribution in [1.29, 1.82) is 0 Å². The van der Waals surface area contributed by atoms with Crippen LogP contribution >= 0.6 is 11.6 Å². The highest BCUT2D eigenvalue weighted by atomic mass is 35.5. The lowest BCUT2D eigenvalue weighted by Gasteiger charge is -2.37. The van der Waals surface area contributed by atoms with Gasteiger partial charge in [-0.15, -0.1) is 0 Å². The van der Waals surface area contributed by atoms with E-state index in [0.717, 1.165) is 25.1 Å². The summed E-state index contributed by atoms with van der Waals surface area (Å²) in [6.07, 6.45) is 3.47. The Morgan fingerprint density at radius 1 is 1.26 bits per heavy atom. The lowest BCUT2D eigenvalue weighted by molar-refractivity contribution is 0.0594. The molecule has 5 rings (SSSR count). The number of carbonyl (C=O) groups excluding carboxylic acids is 1. The van der Waals surface area contributed by atoms with Crippen molar-refractivity contribution in [3.05, 3.63) is 53.0 Å². The van der Waals surface area contributed by atoms with Crippen LogP contribution in [0.3, 0.4) is 0 Å². The highest BCUT2D eigenvalue weighted by molar-refractivity contribution is 6.30. The van der Waals surface area contributed by atoms with Crippen LogP contribution < -0.4 is 5.32 Å². The normalized spacial score (nSPS) is 22.0. The minimum absolute atomic E-state index is 0.0298. The summed E-state index contributed by atoms with van der Waals surface area (Å²) in [6.45, 7) is 1.33. The first-order valence-corrected chi connectivity index (χ1v) is 9.38. The van der Waals surface area contributed by atoms with Crippen molar-refractivity contribution in [3.8, 4) is 11.5 Å². The Bertz CT molecular complexity index is 997. The van der Waals surface area contributed by atoms with Gasteiger partial charge in [0.05, 0.1) is 22.2 Å². The van der Waals surface area contributed by atoms with E-state index < -0.39 is 0 Å². The molecule has 0 aliphatic carbocycles. The minimum atomic E-state index is 0.0298. The van der Waals surface area contributed by atoms with Gasteiger partial charge in [0.15, 0.2) is 0 Å². The maximum Gasteiger partial charge on any atom is 0.256 e. The van der Waals surface area contributed by atoms with Crippen molar-refractivity contribution in [1.82, 2.24) is 20.0 Å². The third-order valence-electron chi connectivity index (χ3n) is 5.33. The molecule has 2 N–H and O–H groups in total. The highest BCUT2D eigenvalue weighted by Gasteiger charge is 2.37. The van der Waals surface area contributed by atoms with Crippen molar-refractivity contribution in [2.45, 2.75) is 24.8 Å². The van der Waals surface area contributed by atoms with Crippen LogP contribution in [-0.4, -0.2) is 45.1 Å². The molecule has 0 spiro atoms. The Kier molecular flexibility index (Phi) is 3.89. The van der Waals surface area contributed by atoms with Crippen molar-refractivity contribution >= 4 is 23.2 Å². The number of para-hydroxylation sites is 1. The van der Waals surface area contributed by atoms with Gasteiger partial charge in [-0.1, -0.05) is 28.9 Å². The zero-order chi connectivity index (χ0) is 18.4. The van der Waals surface area contributed by atoms with Gasteiger partial charge in [0.2, 0.25) is 11.7 Å². The van der Waals surface area contributed by atoms with Crippen molar-refractivity contribution < 1.29 is 9.32 Å². The number of hydrogen-bond donors (Lipinski definition) is 2. The molecule has 1 saturated heterocycles. The number of benzene rings is 1. The number of fused-ring (bicyclic) bond motifs is 2. The molecule has 2 aliphatic heterocycles. The molecule has 0 unspecified atom stereocenters. The van der Waals surface area contributed by atoms with E-state index >= 15 is 0 Å². The standard InChI is InChI=1S/C19H18ClN5O2/c20-12-7-16(21-8-12)17-23-18(27-24-17)11-5-6-13-9-22-15-4-2-1-3-14(15)19(26)25(13)10-11/h1-4,7-8,11,13,21-22H,5-6,9-10H2/t11-,13-/m0/s1. The monoisotopic (exact) mass is 383 g/mol. The topological polar surface area (TPSA) is 87.0 Å². The van der Waals surface area contributed by atoms with Gasteiger partial charge < -0.3 is 19.7 Å². The van der Waals surface area contributed by atoms with Crippen LogP contribution in [0.25, 0.3) is 11.5 Å². The Labute approximate surface area is 160 Å². The number of nitrogens with one attached hydrogen (secondary N) is 2. The molecule has 8 heteroatoms. The fourth-order valence-corrected chi connectivity index (χ4v) is 4.07. The Balaban J connectivity index is 1.40. The number of amides is 1. The first-order chi connectivity index (χ1) is 13.2. The van der Waals surface area contributed by atoms with Crippen LogP contribution in [0.15, 0.2) is 41.1 Å². The predicted octanol–water partition coefficient (Wildman–Crippen LogP) is 3.53. The Morgan fingerprint density at radius 3 is 3.00 bits per heavy atom. The van der Waals surface area contributed by atoms with Crippen molar-refractivity contribution in [3.63, 3.8) is 0 Å². The first-order valence-electron chi connectivity index (χ1n) is 9.01. The van der Waals surface area contributed by atoms with E-state index in [1.165, 1.54) is 0 Å². The van der Waals surface area contributed by atoms with E-state index in [0.29, 0.717) is 34.5 Å². The molecule has 0 radical (unpaired) electrons. The minimum Gasteiger partial charge on any atom is -0.382 e. The fourth-order valence-electron chi connectivity index (χ4n) is 3.90. The number of nitrogens with zero attached hydrogens (tertiary/aromatic N) is 3. The lowest BCUT2D eigenvalue weighted by atomic mass is 9.92. The van der Waals surface area contributed by atoms with Gasteiger partial charge in [-0.2, -0.15) is 4.98 Å². The first kappa shape index (κ1) is 16.4. The predicted molar refractivity (Wildman–Crippen MR) is 101 cm³/mol. The van der Waals surface area contributed by atoms with E-state index in [1.54, 1.807) is 12.3 Å². The summed E-state index contributed by atoms with van der Waals surface area (Å²) in [4.78, 5) is 22.6. The maximum atomic E-state index is 13.1. The molecule has 0 saturated carbocycles. The van der Waals surface area contributed by atoms with Crippen LogP contribution in [0.4, 0.5) is 5.69 Å². The largest absolute Gasteiger partial charge is 0.382 e. The molecule has 138 valence electrons. The van der Waals surface area contributed by atoms with Crippen LogP contribution in [0.5, 0.6) is 0 Å². The second kappa shape index (κ2) is 6.42. The fraction of sp³-hybridized carbons (Fsp3) is 0.316. The van der Waals surface area contributed by atoms with Crippen LogP contribution in [0, 0.1) is 0 Å². The molecule has 1 amide bonds. The number of anilines is 1. The smallest absolute Gasteiger partial charge is 0.256 e. The molecule has 2 aromatic heterocycles. The molecule has 4 heterocycles. The Morgan fingerprint density at radius 2 is 2.15 bits per heavy atom. The van der Waals surface area contributed by atoms with Gasteiger partial charge in [0.1, 0.15) is 0 Å². The van der Waals surface area contributed by atoms with E-state index in [1.807, 2.05) is 29.2 Å². The number of aromatic amines is 1. The van der Waals surface area contributed by atoms with Crippen LogP contribution in [0.2, 0.25) is 5.02 Å². The van der Waals surface area contributed by atoms with Gasteiger partial charge in [-0.25, -0.2) is 0 Å². The SMILES string of the molecule is O=C1c2ccccc2NC[C@@H]2CC[C@H](c3nc(-c4cc(Cl)c[nH]4)no3)CN12.